The third kappa shape index (κ3) is 2.27. The highest BCUT2D eigenvalue weighted by molar-refractivity contribution is 6.05. The zero-order chi connectivity index (χ0) is 15.8. The molecule has 0 fully saturated rings. The second-order valence-corrected chi connectivity index (χ2v) is 4.67. The molecule has 3 heterocycles. The summed E-state index contributed by atoms with van der Waals surface area (Å²) < 4.78 is 0. The van der Waals surface area contributed by atoms with Crippen molar-refractivity contribution in [3.8, 4) is 11.3 Å². The maximum atomic E-state index is 11.8. The zero-order valence-electron chi connectivity index (χ0n) is 11.4. The molecule has 23 heavy (non-hydrogen) atoms. The van der Waals surface area contributed by atoms with Gasteiger partial charge in [0.05, 0.1) is 11.9 Å². The first kappa shape index (κ1) is 13.0. The van der Waals surface area contributed by atoms with E-state index in [1.807, 2.05) is 12.1 Å². The fourth-order valence-corrected chi connectivity index (χ4v) is 2.15. The summed E-state index contributed by atoms with van der Waals surface area (Å²) in [5, 5.41) is 17.9. The maximum absolute atomic E-state index is 11.8. The molecule has 0 spiro atoms. The molecule has 0 saturated heterocycles. The van der Waals surface area contributed by atoms with Gasteiger partial charge in [0, 0.05) is 5.56 Å². The molecule has 10 heteroatoms. The van der Waals surface area contributed by atoms with Crippen LogP contribution in [0.25, 0.3) is 11.3 Å². The molecule has 0 atom stereocenters. The zero-order valence-corrected chi connectivity index (χ0v) is 11.4. The van der Waals surface area contributed by atoms with Gasteiger partial charge < -0.3 is 0 Å². The number of azo groups is 1. The van der Waals surface area contributed by atoms with E-state index in [2.05, 4.69) is 40.6 Å². The highest BCUT2D eigenvalue weighted by atomic mass is 16.2. The van der Waals surface area contributed by atoms with Crippen LogP contribution in [-0.2, 0) is 0 Å². The lowest BCUT2D eigenvalue weighted by molar-refractivity contribution is 0.942. The van der Waals surface area contributed by atoms with E-state index in [0.29, 0.717) is 11.4 Å². The number of aliphatic imine (C=N–C) groups is 1. The van der Waals surface area contributed by atoms with E-state index >= 15 is 0 Å². The van der Waals surface area contributed by atoms with Crippen molar-refractivity contribution in [2.24, 2.45) is 15.2 Å². The topological polar surface area (TPSA) is 144 Å². The average molecular weight is 308 g/mol. The lowest BCUT2D eigenvalue weighted by Crippen LogP contribution is -2.25. The molecule has 3 N–H and O–H groups in total. The molecule has 1 aliphatic rings. The molecular weight excluding hydrogens is 300 g/mol. The Kier molecular flexibility index (Phi) is 2.80. The van der Waals surface area contributed by atoms with Crippen molar-refractivity contribution in [1.29, 1.82) is 0 Å². The minimum absolute atomic E-state index is 0.108. The van der Waals surface area contributed by atoms with Gasteiger partial charge in [0.2, 0.25) is 0 Å². The number of aromatic amines is 3. The number of nitrogens with zero attached hydrogens (tertiary/aromatic N) is 5. The molecule has 0 saturated carbocycles. The van der Waals surface area contributed by atoms with Crippen LogP contribution in [0.3, 0.4) is 0 Å². The van der Waals surface area contributed by atoms with Gasteiger partial charge in [0.25, 0.3) is 5.56 Å². The Morgan fingerprint density at radius 3 is 2.57 bits per heavy atom. The van der Waals surface area contributed by atoms with Gasteiger partial charge in [-0.2, -0.15) is 15.4 Å². The molecule has 0 amide bonds. The Morgan fingerprint density at radius 2 is 1.83 bits per heavy atom. The predicted octanol–water partition coefficient (Wildman–Crippen LogP) is 1.02. The minimum atomic E-state index is -0.633. The molecular formula is C13H8N8O2. The predicted molar refractivity (Wildman–Crippen MR) is 80.2 cm³/mol. The van der Waals surface area contributed by atoms with Gasteiger partial charge in [-0.25, -0.2) is 9.79 Å². The third-order valence-corrected chi connectivity index (χ3v) is 3.20. The summed E-state index contributed by atoms with van der Waals surface area (Å²) in [6, 6.07) is 7.15. The number of H-pyrrole nitrogens is 3. The summed E-state index contributed by atoms with van der Waals surface area (Å²) in [6.07, 6.45) is 1.61. The van der Waals surface area contributed by atoms with Crippen LogP contribution in [0.15, 0.2) is 55.3 Å². The summed E-state index contributed by atoms with van der Waals surface area (Å²) in [5.41, 5.74) is 1.11. The fourth-order valence-electron chi connectivity index (χ4n) is 2.15. The number of aromatic nitrogens is 5. The first-order valence-electron chi connectivity index (χ1n) is 6.54. The van der Waals surface area contributed by atoms with Crippen LogP contribution in [0.4, 0.5) is 11.5 Å². The number of amidine groups is 1. The van der Waals surface area contributed by atoms with Crippen molar-refractivity contribution >= 4 is 17.3 Å². The highest BCUT2D eigenvalue weighted by Crippen LogP contribution is 2.24. The molecule has 1 aliphatic heterocycles. The maximum Gasteiger partial charge on any atom is 0.327 e. The van der Waals surface area contributed by atoms with Crippen molar-refractivity contribution < 1.29 is 0 Å². The van der Waals surface area contributed by atoms with Crippen LogP contribution in [0.2, 0.25) is 0 Å². The quantitative estimate of drug-likeness (QED) is 0.649. The third-order valence-electron chi connectivity index (χ3n) is 3.20. The van der Waals surface area contributed by atoms with E-state index < -0.39 is 11.2 Å². The second-order valence-electron chi connectivity index (χ2n) is 4.67. The van der Waals surface area contributed by atoms with E-state index in [4.69, 9.17) is 0 Å². The van der Waals surface area contributed by atoms with Crippen molar-refractivity contribution in [3.05, 3.63) is 56.9 Å². The molecule has 0 unspecified atom stereocenters. The molecule has 3 aromatic rings. The normalized spacial score (nSPS) is 14.3. The fraction of sp³-hybridized carbons (Fsp3) is 0. The minimum Gasteiger partial charge on any atom is -0.290 e. The summed E-state index contributed by atoms with van der Waals surface area (Å²) in [5.74, 6) is 0.253. The number of nitrogens with one attached hydrogen (secondary N) is 3. The van der Waals surface area contributed by atoms with E-state index in [0.717, 1.165) is 5.56 Å². The van der Waals surface area contributed by atoms with Crippen LogP contribution in [0, 0.1) is 0 Å². The van der Waals surface area contributed by atoms with Crippen LogP contribution < -0.4 is 11.2 Å². The monoisotopic (exact) mass is 308 g/mol. The lowest BCUT2D eigenvalue weighted by Gasteiger charge is -1.98. The Balaban J connectivity index is 1.72. The standard InChI is InChI=1S/C13H8N8O2/c22-12-9-10(19-20-11(9)16-13(23)17-12)15-7-3-1-6(2-4-7)8-5-14-21-18-8/h1-5H,(H,14,18,21)(H2,16,17,22,23). The molecule has 0 radical (unpaired) electrons. The number of hydrogen-bond acceptors (Lipinski definition) is 6. The summed E-state index contributed by atoms with van der Waals surface area (Å²) in [4.78, 5) is 31.9. The molecule has 2 aromatic heterocycles. The van der Waals surface area contributed by atoms with Gasteiger partial charge in [0.1, 0.15) is 11.3 Å². The second kappa shape index (κ2) is 4.94. The van der Waals surface area contributed by atoms with E-state index in [-0.39, 0.29) is 17.2 Å². The van der Waals surface area contributed by atoms with Crippen LogP contribution >= 0.6 is 0 Å². The van der Waals surface area contributed by atoms with Crippen LogP contribution in [0.5, 0.6) is 0 Å². The van der Waals surface area contributed by atoms with Crippen molar-refractivity contribution in [3.63, 3.8) is 0 Å². The smallest absolute Gasteiger partial charge is 0.290 e. The van der Waals surface area contributed by atoms with Gasteiger partial charge in [-0.05, 0) is 12.1 Å². The Bertz CT molecular complexity index is 1040. The number of benzene rings is 1. The highest BCUT2D eigenvalue weighted by Gasteiger charge is 2.21. The Morgan fingerprint density at radius 1 is 1.00 bits per heavy atom. The van der Waals surface area contributed by atoms with Gasteiger partial charge in [0.15, 0.2) is 11.7 Å². The number of rotatable bonds is 2. The van der Waals surface area contributed by atoms with Gasteiger partial charge in [-0.15, -0.1) is 10.2 Å². The molecule has 1 aromatic carbocycles. The van der Waals surface area contributed by atoms with E-state index in [1.54, 1.807) is 18.3 Å². The van der Waals surface area contributed by atoms with Crippen LogP contribution in [-0.4, -0.2) is 31.2 Å². The van der Waals surface area contributed by atoms with Gasteiger partial charge >= 0.3 is 5.69 Å². The van der Waals surface area contributed by atoms with Gasteiger partial charge in [-0.1, -0.05) is 12.1 Å². The molecule has 0 bridgehead atoms. The van der Waals surface area contributed by atoms with Crippen molar-refractivity contribution in [1.82, 2.24) is 25.4 Å². The first-order chi connectivity index (χ1) is 11.2. The van der Waals surface area contributed by atoms with Crippen molar-refractivity contribution in [2.45, 2.75) is 0 Å². The van der Waals surface area contributed by atoms with Crippen molar-refractivity contribution in [2.75, 3.05) is 0 Å². The largest absolute Gasteiger partial charge is 0.327 e. The van der Waals surface area contributed by atoms with E-state index in [9.17, 15) is 9.59 Å². The van der Waals surface area contributed by atoms with E-state index in [1.165, 1.54) is 0 Å². The molecule has 10 nitrogen and oxygen atoms in total. The number of hydrogen-bond donors (Lipinski definition) is 3. The SMILES string of the molecule is O=c1[nH]c2c(c(=O)[nH]1)C(=Nc1ccc(-c3cn[nH]n3)cc1)N=N2. The number of fused-ring (bicyclic) bond motifs is 1. The molecule has 0 aliphatic carbocycles. The lowest BCUT2D eigenvalue weighted by atomic mass is 10.1. The molecule has 112 valence electrons. The van der Waals surface area contributed by atoms with Gasteiger partial charge in [-0.3, -0.25) is 14.8 Å². The molecule has 4 rings (SSSR count). The summed E-state index contributed by atoms with van der Waals surface area (Å²) in [7, 11) is 0. The summed E-state index contributed by atoms with van der Waals surface area (Å²) >= 11 is 0. The Hall–Kier alpha value is -3.69. The average Bonchev–Trinajstić information content (AvgIpc) is 3.18. The summed E-state index contributed by atoms with van der Waals surface area (Å²) in [6.45, 7) is 0. The van der Waals surface area contributed by atoms with Crippen LogP contribution in [0.1, 0.15) is 5.56 Å². The first-order valence-corrected chi connectivity index (χ1v) is 6.54. The Labute approximate surface area is 127 Å².